The Labute approximate surface area is 122 Å². The Bertz CT molecular complexity index is 584. The second-order valence-electron chi connectivity index (χ2n) is 4.79. The lowest BCUT2D eigenvalue weighted by Gasteiger charge is -2.16. The minimum absolute atomic E-state index is 0.0860. The molecular weight excluding hydrogens is 298 g/mol. The summed E-state index contributed by atoms with van der Waals surface area (Å²) in [7, 11) is -2.81. The number of rotatable bonds is 7. The van der Waals surface area contributed by atoms with E-state index in [0.717, 1.165) is 17.4 Å². The third kappa shape index (κ3) is 5.60. The van der Waals surface area contributed by atoms with Gasteiger partial charge in [-0.15, -0.1) is 0 Å². The molecule has 1 aromatic carbocycles. The summed E-state index contributed by atoms with van der Waals surface area (Å²) in [5.41, 5.74) is 7.89. The van der Waals surface area contributed by atoms with E-state index in [0.29, 0.717) is 5.75 Å². The van der Waals surface area contributed by atoms with Gasteiger partial charge >= 0.3 is 0 Å². The summed E-state index contributed by atoms with van der Waals surface area (Å²) in [5, 5.41) is 0. The lowest BCUT2D eigenvalue weighted by molar-refractivity contribution is 0.407. The first-order valence-corrected chi connectivity index (χ1v) is 9.70. The van der Waals surface area contributed by atoms with Crippen LogP contribution in [-0.2, 0) is 20.6 Å². The number of ether oxygens (including phenoxy) is 1. The zero-order valence-electron chi connectivity index (χ0n) is 12.0. The minimum atomic E-state index is -3.10. The normalized spacial score (nSPS) is 14.8. The maximum absolute atomic E-state index is 11.9. The highest BCUT2D eigenvalue weighted by molar-refractivity contribution is 7.92. The average Bonchev–Trinajstić information content (AvgIpc) is 2.35. The van der Waals surface area contributed by atoms with Gasteiger partial charge in [-0.1, -0.05) is 17.7 Å². The Morgan fingerprint density at radius 3 is 2.60 bits per heavy atom. The molecule has 0 aliphatic heterocycles. The zero-order chi connectivity index (χ0) is 15.3. The van der Waals surface area contributed by atoms with Gasteiger partial charge in [0.25, 0.3) is 0 Å². The van der Waals surface area contributed by atoms with Crippen LogP contribution in [0.3, 0.4) is 0 Å². The van der Waals surface area contributed by atoms with E-state index >= 15 is 0 Å². The van der Waals surface area contributed by atoms with Crippen molar-refractivity contribution in [2.45, 2.75) is 13.0 Å². The molecule has 0 amide bonds. The summed E-state index contributed by atoms with van der Waals surface area (Å²) in [5.74, 6) is 0.899. The summed E-state index contributed by atoms with van der Waals surface area (Å²) in [6.07, 6.45) is 1.13. The molecule has 0 aliphatic rings. The molecule has 1 aromatic rings. The molecule has 114 valence electrons. The van der Waals surface area contributed by atoms with Crippen LogP contribution in [0.5, 0.6) is 5.75 Å². The first-order valence-electron chi connectivity index (χ1n) is 6.15. The van der Waals surface area contributed by atoms with Crippen molar-refractivity contribution in [2.75, 3.05) is 30.6 Å². The van der Waals surface area contributed by atoms with E-state index < -0.39 is 26.7 Å². The Kier molecular flexibility index (Phi) is 6.16. The van der Waals surface area contributed by atoms with Crippen molar-refractivity contribution in [3.63, 3.8) is 0 Å². The van der Waals surface area contributed by atoms with Crippen molar-refractivity contribution in [3.8, 4) is 5.75 Å². The van der Waals surface area contributed by atoms with Crippen LogP contribution in [0.4, 0.5) is 0 Å². The van der Waals surface area contributed by atoms with Gasteiger partial charge in [0, 0.05) is 40.2 Å². The van der Waals surface area contributed by atoms with E-state index in [-0.39, 0.29) is 17.3 Å². The first-order chi connectivity index (χ1) is 9.23. The lowest BCUT2D eigenvalue weighted by Crippen LogP contribution is -2.22. The second kappa shape index (κ2) is 7.19. The molecule has 1 rings (SSSR count). The van der Waals surface area contributed by atoms with E-state index in [1.807, 2.05) is 25.1 Å². The molecule has 0 radical (unpaired) electrons. The van der Waals surface area contributed by atoms with E-state index in [9.17, 15) is 12.6 Å². The van der Waals surface area contributed by atoms with Gasteiger partial charge in [-0.3, -0.25) is 4.21 Å². The highest BCUT2D eigenvalue weighted by atomic mass is 32.2. The lowest BCUT2D eigenvalue weighted by atomic mass is 10.1. The molecule has 0 saturated carbocycles. The third-order valence-corrected chi connectivity index (χ3v) is 5.43. The topological polar surface area (TPSA) is 86.5 Å². The fourth-order valence-electron chi connectivity index (χ4n) is 1.76. The second-order valence-corrected chi connectivity index (χ2v) is 8.67. The van der Waals surface area contributed by atoms with Crippen LogP contribution in [0.15, 0.2) is 18.2 Å². The highest BCUT2D eigenvalue weighted by Gasteiger charge is 2.16. The molecule has 0 saturated heterocycles. The molecule has 20 heavy (non-hydrogen) atoms. The molecular formula is C13H21NO4S2. The number of sulfone groups is 1. The summed E-state index contributed by atoms with van der Waals surface area (Å²) in [6.45, 7) is 1.94. The van der Waals surface area contributed by atoms with Gasteiger partial charge in [-0.05, 0) is 13.0 Å². The van der Waals surface area contributed by atoms with E-state index in [1.165, 1.54) is 0 Å². The zero-order valence-corrected chi connectivity index (χ0v) is 13.6. The molecule has 0 spiro atoms. The highest BCUT2D eigenvalue weighted by Crippen LogP contribution is 2.25. The molecule has 7 heteroatoms. The molecule has 0 aliphatic carbocycles. The molecule has 5 nitrogen and oxygen atoms in total. The van der Waals surface area contributed by atoms with Crippen molar-refractivity contribution in [3.05, 3.63) is 29.3 Å². The molecule has 0 heterocycles. The Hall–Kier alpha value is -0.920. The van der Waals surface area contributed by atoms with Crippen molar-refractivity contribution >= 4 is 20.6 Å². The number of aryl methyl sites for hydroxylation is 1. The van der Waals surface area contributed by atoms with Crippen molar-refractivity contribution in [2.24, 2.45) is 5.73 Å². The van der Waals surface area contributed by atoms with Crippen LogP contribution in [0.1, 0.15) is 17.2 Å². The monoisotopic (exact) mass is 319 g/mol. The standard InChI is InChI=1S/C13H21NO4S2/c1-10-4-5-13(18-2)11(8-10)12(14)9-19(15)6-7-20(3,16)17/h4-5,8,12H,6-7,9,14H2,1-3H3. The minimum Gasteiger partial charge on any atom is -0.496 e. The number of hydrogen-bond donors (Lipinski definition) is 1. The molecule has 0 aromatic heterocycles. The largest absolute Gasteiger partial charge is 0.496 e. The van der Waals surface area contributed by atoms with Crippen LogP contribution in [0.25, 0.3) is 0 Å². The maximum Gasteiger partial charge on any atom is 0.148 e. The fourth-order valence-corrected chi connectivity index (χ4v) is 4.46. The van der Waals surface area contributed by atoms with Gasteiger partial charge in [-0.25, -0.2) is 8.42 Å². The SMILES string of the molecule is COc1ccc(C)cc1C(N)CS(=O)CCS(C)(=O)=O. The van der Waals surface area contributed by atoms with Gasteiger partial charge in [0.2, 0.25) is 0 Å². The van der Waals surface area contributed by atoms with Gasteiger partial charge in [0.05, 0.1) is 12.9 Å². The number of methoxy groups -OCH3 is 1. The predicted octanol–water partition coefficient (Wildman–Crippen LogP) is 0.797. The molecule has 0 bridgehead atoms. The predicted molar refractivity (Wildman–Crippen MR) is 82.2 cm³/mol. The first kappa shape index (κ1) is 17.1. The summed E-state index contributed by atoms with van der Waals surface area (Å²) < 4.78 is 39.2. The number of nitrogens with two attached hydrogens (primary N) is 1. The Balaban J connectivity index is 2.73. The number of benzene rings is 1. The van der Waals surface area contributed by atoms with Crippen molar-refractivity contribution in [1.29, 1.82) is 0 Å². The van der Waals surface area contributed by atoms with E-state index in [2.05, 4.69) is 0 Å². The summed E-state index contributed by atoms with van der Waals surface area (Å²) >= 11 is 0. The smallest absolute Gasteiger partial charge is 0.148 e. The van der Waals surface area contributed by atoms with Gasteiger partial charge in [-0.2, -0.15) is 0 Å². The Morgan fingerprint density at radius 1 is 1.40 bits per heavy atom. The van der Waals surface area contributed by atoms with E-state index in [4.69, 9.17) is 10.5 Å². The van der Waals surface area contributed by atoms with Crippen molar-refractivity contribution in [1.82, 2.24) is 0 Å². The molecule has 2 atom stereocenters. The molecule has 0 fully saturated rings. The van der Waals surface area contributed by atoms with Crippen LogP contribution in [0, 0.1) is 6.92 Å². The fraction of sp³-hybridized carbons (Fsp3) is 0.538. The Morgan fingerprint density at radius 2 is 2.05 bits per heavy atom. The quantitative estimate of drug-likeness (QED) is 0.803. The molecule has 2 N–H and O–H groups in total. The van der Waals surface area contributed by atoms with Crippen LogP contribution in [0.2, 0.25) is 0 Å². The summed E-state index contributed by atoms with van der Waals surface area (Å²) in [6, 6.07) is 5.20. The molecule has 2 unspecified atom stereocenters. The van der Waals surface area contributed by atoms with E-state index in [1.54, 1.807) is 7.11 Å². The summed E-state index contributed by atoms with van der Waals surface area (Å²) in [4.78, 5) is 0. The third-order valence-electron chi connectivity index (χ3n) is 2.83. The van der Waals surface area contributed by atoms with Gasteiger partial charge in [0.1, 0.15) is 15.6 Å². The van der Waals surface area contributed by atoms with Crippen LogP contribution < -0.4 is 10.5 Å². The van der Waals surface area contributed by atoms with Gasteiger partial charge in [0.15, 0.2) is 0 Å². The number of hydrogen-bond acceptors (Lipinski definition) is 5. The van der Waals surface area contributed by atoms with Crippen molar-refractivity contribution < 1.29 is 17.4 Å². The van der Waals surface area contributed by atoms with Gasteiger partial charge < -0.3 is 10.5 Å². The van der Waals surface area contributed by atoms with Crippen LogP contribution >= 0.6 is 0 Å². The van der Waals surface area contributed by atoms with Crippen LogP contribution in [-0.4, -0.2) is 43.3 Å². The maximum atomic E-state index is 11.9. The average molecular weight is 319 g/mol.